The quantitative estimate of drug-likeness (QED) is 0.321. The first-order chi connectivity index (χ1) is 13.9. The highest BCUT2D eigenvalue weighted by Gasteiger charge is 2.20. The minimum Gasteiger partial charge on any atom is -0.395 e. The minimum atomic E-state index is -0.863. The molecule has 166 valence electrons. The maximum absolute atomic E-state index is 14.1. The lowest BCUT2D eigenvalue weighted by molar-refractivity contribution is 0.311. The molecule has 0 saturated carbocycles. The lowest BCUT2D eigenvalue weighted by atomic mass is 10.0. The number of nitrogens with one attached hydrogen (secondary N) is 4. The number of para-hydroxylation sites is 1. The second-order valence-electron chi connectivity index (χ2n) is 6.04. The minimum absolute atomic E-state index is 0. The monoisotopic (exact) mass is 450 g/mol. The van der Waals surface area contributed by atoms with Crippen molar-refractivity contribution in [3.05, 3.63) is 86.8 Å². The number of H-pyrrole nitrogens is 1. The zero-order chi connectivity index (χ0) is 21.0. The van der Waals surface area contributed by atoms with Gasteiger partial charge in [-0.2, -0.15) is 0 Å². The second-order valence-corrected chi connectivity index (χ2v) is 6.45. The van der Waals surface area contributed by atoms with E-state index in [4.69, 9.17) is 22.1 Å². The Morgan fingerprint density at radius 2 is 1.68 bits per heavy atom. The van der Waals surface area contributed by atoms with Gasteiger partial charge in [0.15, 0.2) is 0 Å². The van der Waals surface area contributed by atoms with E-state index in [1.54, 1.807) is 24.3 Å². The normalized spacial score (nSPS) is 9.94. The van der Waals surface area contributed by atoms with Gasteiger partial charge in [0, 0.05) is 24.0 Å². The Hall–Kier alpha value is -3.23. The van der Waals surface area contributed by atoms with E-state index in [9.17, 15) is 13.6 Å². The summed E-state index contributed by atoms with van der Waals surface area (Å²) in [4.78, 5) is 14.9. The summed E-state index contributed by atoms with van der Waals surface area (Å²) in [6.07, 6.45) is 1.18. The average molecular weight is 451 g/mol. The predicted octanol–water partition coefficient (Wildman–Crippen LogP) is 5.14. The van der Waals surface area contributed by atoms with Gasteiger partial charge in [0.1, 0.15) is 17.3 Å². The lowest BCUT2D eigenvalue weighted by Gasteiger charge is -2.15. The van der Waals surface area contributed by atoms with E-state index in [2.05, 4.69) is 15.6 Å². The SMILES string of the molecule is C.C.N=C(c1ccc(NCCO)cc1)c1c(Nc2c(F)cccc2F)c(Cl)c[nH]c1=O. The van der Waals surface area contributed by atoms with Gasteiger partial charge in [-0.1, -0.05) is 44.7 Å². The van der Waals surface area contributed by atoms with Gasteiger partial charge in [0.05, 0.1) is 28.6 Å². The van der Waals surface area contributed by atoms with Crippen molar-refractivity contribution < 1.29 is 13.9 Å². The number of rotatable bonds is 7. The standard InChI is InChI=1S/C20H17ClF2N4O2.2CH4/c21-13-10-26-20(29)16(18(13)27-19-14(22)2-1-3-15(19)23)17(24)11-4-6-12(7-5-11)25-8-9-28;;/h1-7,10,24-25,28H,8-9H2,(H2,26,27,29);2*1H4. The maximum Gasteiger partial charge on any atom is 0.259 e. The molecular formula is C22H25ClF2N4O2. The van der Waals surface area contributed by atoms with E-state index in [1.807, 2.05) is 0 Å². The van der Waals surface area contributed by atoms with Crippen LogP contribution in [0.3, 0.4) is 0 Å². The van der Waals surface area contributed by atoms with Crippen molar-refractivity contribution in [3.8, 4) is 0 Å². The molecule has 0 aliphatic carbocycles. The molecule has 0 spiro atoms. The number of anilines is 3. The number of aliphatic hydroxyl groups excluding tert-OH is 1. The van der Waals surface area contributed by atoms with Crippen molar-refractivity contribution in [1.82, 2.24) is 4.98 Å². The summed E-state index contributed by atoms with van der Waals surface area (Å²) in [6, 6.07) is 9.92. The molecule has 1 aromatic heterocycles. The summed E-state index contributed by atoms with van der Waals surface area (Å²) in [5, 5.41) is 22.8. The van der Waals surface area contributed by atoms with Crippen LogP contribution in [0, 0.1) is 17.0 Å². The molecule has 6 nitrogen and oxygen atoms in total. The number of aromatic nitrogens is 1. The third-order valence-corrected chi connectivity index (χ3v) is 4.42. The highest BCUT2D eigenvalue weighted by atomic mass is 35.5. The molecular weight excluding hydrogens is 426 g/mol. The Labute approximate surface area is 184 Å². The third kappa shape index (κ3) is 5.68. The largest absolute Gasteiger partial charge is 0.395 e. The van der Waals surface area contributed by atoms with Crippen LogP contribution in [0.15, 0.2) is 53.5 Å². The Morgan fingerprint density at radius 1 is 1.06 bits per heavy atom. The fourth-order valence-corrected chi connectivity index (χ4v) is 2.90. The van der Waals surface area contributed by atoms with E-state index in [1.165, 1.54) is 12.3 Å². The van der Waals surface area contributed by atoms with Crippen molar-refractivity contribution in [1.29, 1.82) is 5.41 Å². The summed E-state index contributed by atoms with van der Waals surface area (Å²) in [5.41, 5.74) is -0.407. The first-order valence-corrected chi connectivity index (χ1v) is 8.96. The molecule has 0 aliphatic heterocycles. The molecule has 0 unspecified atom stereocenters. The number of aromatic amines is 1. The molecule has 0 radical (unpaired) electrons. The van der Waals surface area contributed by atoms with Gasteiger partial charge >= 0.3 is 0 Å². The second kappa shape index (κ2) is 11.2. The van der Waals surface area contributed by atoms with Crippen molar-refractivity contribution in [3.63, 3.8) is 0 Å². The molecule has 5 N–H and O–H groups in total. The molecule has 0 amide bonds. The molecule has 0 aliphatic rings. The van der Waals surface area contributed by atoms with Gasteiger partial charge in [0.25, 0.3) is 5.56 Å². The van der Waals surface area contributed by atoms with E-state index in [-0.39, 0.29) is 43.4 Å². The van der Waals surface area contributed by atoms with E-state index in [0.717, 1.165) is 17.8 Å². The van der Waals surface area contributed by atoms with Crippen LogP contribution in [0.1, 0.15) is 26.0 Å². The number of halogens is 3. The Bertz CT molecular complexity index is 1080. The van der Waals surface area contributed by atoms with E-state index < -0.39 is 22.9 Å². The summed E-state index contributed by atoms with van der Waals surface area (Å²) in [7, 11) is 0. The topological polar surface area (TPSA) is 101 Å². The highest BCUT2D eigenvalue weighted by molar-refractivity contribution is 6.34. The summed E-state index contributed by atoms with van der Waals surface area (Å²) in [5.74, 6) is -1.73. The molecule has 3 aromatic rings. The number of benzene rings is 2. The van der Waals surface area contributed by atoms with Crippen molar-refractivity contribution >= 4 is 34.4 Å². The van der Waals surface area contributed by atoms with Gasteiger partial charge in [-0.05, 0) is 24.3 Å². The lowest BCUT2D eigenvalue weighted by Crippen LogP contribution is -2.21. The van der Waals surface area contributed by atoms with Crippen molar-refractivity contribution in [2.45, 2.75) is 14.9 Å². The molecule has 31 heavy (non-hydrogen) atoms. The van der Waals surface area contributed by atoms with Crippen molar-refractivity contribution in [2.24, 2.45) is 0 Å². The first-order valence-electron chi connectivity index (χ1n) is 8.58. The number of pyridine rings is 1. The molecule has 9 heteroatoms. The zero-order valence-corrected chi connectivity index (χ0v) is 15.8. The van der Waals surface area contributed by atoms with Gasteiger partial charge in [-0.25, -0.2) is 8.78 Å². The van der Waals surface area contributed by atoms with Crippen LogP contribution in [0.25, 0.3) is 0 Å². The van der Waals surface area contributed by atoms with E-state index >= 15 is 0 Å². The van der Waals surface area contributed by atoms with Gasteiger partial charge < -0.3 is 20.7 Å². The summed E-state index contributed by atoms with van der Waals surface area (Å²) in [6.45, 7) is 0.337. The Balaban J connectivity index is 0.00000240. The maximum atomic E-state index is 14.1. The number of aliphatic hydroxyl groups is 1. The molecule has 2 aromatic carbocycles. The molecule has 0 fully saturated rings. The molecule has 3 rings (SSSR count). The van der Waals surface area contributed by atoms with E-state index in [0.29, 0.717) is 12.1 Å². The Morgan fingerprint density at radius 3 is 2.26 bits per heavy atom. The van der Waals surface area contributed by atoms with Crippen LogP contribution in [-0.2, 0) is 0 Å². The Kier molecular flexibility index (Phi) is 9.36. The molecule has 0 atom stereocenters. The fraction of sp³-hybridized carbons (Fsp3) is 0.182. The summed E-state index contributed by atoms with van der Waals surface area (Å²) >= 11 is 6.16. The van der Waals surface area contributed by atoms with Gasteiger partial charge in [-0.3, -0.25) is 10.2 Å². The summed E-state index contributed by atoms with van der Waals surface area (Å²) < 4.78 is 28.1. The van der Waals surface area contributed by atoms with Crippen LogP contribution >= 0.6 is 11.6 Å². The fourth-order valence-electron chi connectivity index (χ4n) is 2.71. The molecule has 0 bridgehead atoms. The third-order valence-electron chi connectivity index (χ3n) is 4.12. The smallest absolute Gasteiger partial charge is 0.259 e. The van der Waals surface area contributed by atoms with Crippen LogP contribution in [0.5, 0.6) is 0 Å². The molecule has 0 saturated heterocycles. The van der Waals surface area contributed by atoms with Crippen LogP contribution in [0.4, 0.5) is 25.8 Å². The van der Waals surface area contributed by atoms with Crippen LogP contribution in [0.2, 0.25) is 5.02 Å². The van der Waals surface area contributed by atoms with Gasteiger partial charge in [0.2, 0.25) is 0 Å². The number of hydrogen-bond acceptors (Lipinski definition) is 5. The first kappa shape index (κ1) is 25.8. The predicted molar refractivity (Wildman–Crippen MR) is 123 cm³/mol. The van der Waals surface area contributed by atoms with Crippen LogP contribution < -0.4 is 16.2 Å². The zero-order valence-electron chi connectivity index (χ0n) is 15.0. The van der Waals surface area contributed by atoms with Crippen LogP contribution in [-0.4, -0.2) is 29.0 Å². The number of hydrogen-bond donors (Lipinski definition) is 5. The molecule has 1 heterocycles. The highest BCUT2D eigenvalue weighted by Crippen LogP contribution is 2.30. The average Bonchev–Trinajstić information content (AvgIpc) is 2.71. The van der Waals surface area contributed by atoms with Gasteiger partial charge in [-0.15, -0.1) is 0 Å². The van der Waals surface area contributed by atoms with Crippen molar-refractivity contribution in [2.75, 3.05) is 23.8 Å².